The van der Waals surface area contributed by atoms with Gasteiger partial charge in [0.05, 0.1) is 25.6 Å². The highest BCUT2D eigenvalue weighted by molar-refractivity contribution is 7.92. The van der Waals surface area contributed by atoms with Crippen LogP contribution in [0, 0.1) is 0 Å². The zero-order chi connectivity index (χ0) is 22.6. The first-order chi connectivity index (χ1) is 14.3. The Kier molecular flexibility index (Phi) is 11.0. The molecule has 170 valence electrons. The average molecular weight is 445 g/mol. The minimum atomic E-state index is -3.53. The molecule has 0 saturated carbocycles. The predicted molar refractivity (Wildman–Crippen MR) is 114 cm³/mol. The summed E-state index contributed by atoms with van der Waals surface area (Å²) < 4.78 is 40.6. The van der Waals surface area contributed by atoms with Crippen LogP contribution in [-0.4, -0.2) is 51.6 Å². The molecule has 0 heterocycles. The lowest BCUT2D eigenvalue weighted by atomic mass is 10.1. The van der Waals surface area contributed by atoms with Crippen molar-refractivity contribution in [2.75, 3.05) is 31.3 Å². The molecule has 0 aromatic heterocycles. The standard InChI is InChI=1S/C20H32N2O7S/c1-5-9-10-11-30(25,26)14-18(23)21-22-20(24)15-12-16(27-6-2)19(29-8-4)17(13-15)28-7-3/h12-13H,5-11,14H2,1-4H3,(H,21,23)(H,22,24). The van der Waals surface area contributed by atoms with Crippen molar-refractivity contribution in [3.05, 3.63) is 17.7 Å². The van der Waals surface area contributed by atoms with Gasteiger partial charge in [-0.3, -0.25) is 20.4 Å². The SMILES string of the molecule is CCCCCS(=O)(=O)CC(=O)NNC(=O)c1cc(OCC)c(OCC)c(OCC)c1. The van der Waals surface area contributed by atoms with Gasteiger partial charge in [0.15, 0.2) is 21.3 Å². The molecule has 1 aromatic rings. The maximum Gasteiger partial charge on any atom is 0.269 e. The van der Waals surface area contributed by atoms with E-state index in [0.717, 1.165) is 12.8 Å². The third-order valence-electron chi connectivity index (χ3n) is 3.90. The molecule has 10 heteroatoms. The second kappa shape index (κ2) is 12.9. The number of ether oxygens (including phenoxy) is 3. The summed E-state index contributed by atoms with van der Waals surface area (Å²) in [5, 5.41) is 0. The summed E-state index contributed by atoms with van der Waals surface area (Å²) in [6.45, 7) is 8.46. The van der Waals surface area contributed by atoms with E-state index in [1.807, 2.05) is 13.8 Å². The Hall–Kier alpha value is -2.49. The number of hydrazine groups is 1. The van der Waals surface area contributed by atoms with E-state index in [1.165, 1.54) is 12.1 Å². The molecular weight excluding hydrogens is 412 g/mol. The lowest BCUT2D eigenvalue weighted by molar-refractivity contribution is -0.119. The van der Waals surface area contributed by atoms with Crippen LogP contribution in [0.3, 0.4) is 0 Å². The Balaban J connectivity index is 2.86. The summed E-state index contributed by atoms with van der Waals surface area (Å²) in [7, 11) is -3.53. The number of carbonyl (C=O) groups excluding carboxylic acids is 2. The molecule has 9 nitrogen and oxygen atoms in total. The quantitative estimate of drug-likeness (QED) is 0.354. The van der Waals surface area contributed by atoms with Crippen molar-refractivity contribution >= 4 is 21.7 Å². The van der Waals surface area contributed by atoms with Gasteiger partial charge in [0.25, 0.3) is 11.8 Å². The molecule has 0 atom stereocenters. The minimum absolute atomic E-state index is 0.0590. The fourth-order valence-electron chi connectivity index (χ4n) is 2.60. The topological polar surface area (TPSA) is 120 Å². The van der Waals surface area contributed by atoms with E-state index < -0.39 is 27.4 Å². The number of hydrogen-bond acceptors (Lipinski definition) is 7. The summed E-state index contributed by atoms with van der Waals surface area (Å²) in [6.07, 6.45) is 2.16. The molecule has 0 spiro atoms. The third kappa shape index (κ3) is 8.48. The molecule has 0 aliphatic heterocycles. The number of rotatable bonds is 13. The summed E-state index contributed by atoms with van der Waals surface area (Å²) in [5.41, 5.74) is 4.53. The van der Waals surface area contributed by atoms with Crippen LogP contribution in [0.2, 0.25) is 0 Å². The van der Waals surface area contributed by atoms with Crippen molar-refractivity contribution in [2.24, 2.45) is 0 Å². The zero-order valence-corrected chi connectivity index (χ0v) is 18.9. The molecule has 0 saturated heterocycles. The Morgan fingerprint density at radius 2 is 1.43 bits per heavy atom. The van der Waals surface area contributed by atoms with Gasteiger partial charge in [0, 0.05) is 5.56 Å². The van der Waals surface area contributed by atoms with E-state index in [2.05, 4.69) is 10.9 Å². The summed E-state index contributed by atoms with van der Waals surface area (Å²) >= 11 is 0. The Labute approximate surface area is 178 Å². The van der Waals surface area contributed by atoms with Crippen LogP contribution >= 0.6 is 0 Å². The van der Waals surface area contributed by atoms with E-state index in [0.29, 0.717) is 43.5 Å². The van der Waals surface area contributed by atoms with Gasteiger partial charge in [-0.1, -0.05) is 19.8 Å². The molecule has 0 bridgehead atoms. The van der Waals surface area contributed by atoms with Crippen LogP contribution in [0.15, 0.2) is 12.1 Å². The minimum Gasteiger partial charge on any atom is -0.490 e. The number of benzene rings is 1. The van der Waals surface area contributed by atoms with E-state index in [9.17, 15) is 18.0 Å². The number of sulfone groups is 1. The van der Waals surface area contributed by atoms with Crippen LogP contribution in [-0.2, 0) is 14.6 Å². The molecule has 2 amide bonds. The fourth-order valence-corrected chi connectivity index (χ4v) is 3.86. The van der Waals surface area contributed by atoms with Crippen molar-refractivity contribution in [3.63, 3.8) is 0 Å². The van der Waals surface area contributed by atoms with Gasteiger partial charge >= 0.3 is 0 Å². The van der Waals surface area contributed by atoms with Crippen molar-refractivity contribution in [3.8, 4) is 17.2 Å². The molecule has 0 aliphatic carbocycles. The first kappa shape index (κ1) is 25.5. The number of hydrogen-bond donors (Lipinski definition) is 2. The smallest absolute Gasteiger partial charge is 0.269 e. The molecule has 0 aliphatic rings. The molecular formula is C20H32N2O7S. The second-order valence-corrected chi connectivity index (χ2v) is 8.59. The fraction of sp³-hybridized carbons (Fsp3) is 0.600. The molecule has 0 unspecified atom stereocenters. The van der Waals surface area contributed by atoms with Crippen molar-refractivity contribution in [1.29, 1.82) is 0 Å². The zero-order valence-electron chi connectivity index (χ0n) is 18.1. The molecule has 30 heavy (non-hydrogen) atoms. The largest absolute Gasteiger partial charge is 0.490 e. The van der Waals surface area contributed by atoms with Gasteiger partial charge < -0.3 is 14.2 Å². The highest BCUT2D eigenvalue weighted by Crippen LogP contribution is 2.39. The molecule has 1 rings (SSSR count). The third-order valence-corrected chi connectivity index (χ3v) is 5.51. The lowest BCUT2D eigenvalue weighted by Crippen LogP contribution is -2.44. The van der Waals surface area contributed by atoms with Crippen LogP contribution in [0.5, 0.6) is 17.2 Å². The van der Waals surface area contributed by atoms with Crippen LogP contribution in [0.25, 0.3) is 0 Å². The van der Waals surface area contributed by atoms with Gasteiger partial charge in [-0.25, -0.2) is 8.42 Å². The second-order valence-electron chi connectivity index (χ2n) is 6.40. The van der Waals surface area contributed by atoms with E-state index in [1.54, 1.807) is 13.8 Å². The number of amides is 2. The summed E-state index contributed by atoms with van der Waals surface area (Å²) in [6, 6.07) is 2.94. The monoisotopic (exact) mass is 444 g/mol. The van der Waals surface area contributed by atoms with Crippen LogP contribution in [0.1, 0.15) is 57.3 Å². The van der Waals surface area contributed by atoms with Gasteiger partial charge in [0.1, 0.15) is 5.75 Å². The Morgan fingerprint density at radius 3 is 1.93 bits per heavy atom. The Morgan fingerprint density at radius 1 is 0.867 bits per heavy atom. The van der Waals surface area contributed by atoms with Gasteiger partial charge in [0.2, 0.25) is 5.75 Å². The highest BCUT2D eigenvalue weighted by atomic mass is 32.2. The number of nitrogens with one attached hydrogen (secondary N) is 2. The Bertz CT molecular complexity index is 782. The molecule has 2 N–H and O–H groups in total. The average Bonchev–Trinajstić information content (AvgIpc) is 2.68. The van der Waals surface area contributed by atoms with Gasteiger partial charge in [-0.2, -0.15) is 0 Å². The summed E-state index contributed by atoms with van der Waals surface area (Å²) in [5.74, 6) is -1.14. The lowest BCUT2D eigenvalue weighted by Gasteiger charge is -2.17. The van der Waals surface area contributed by atoms with E-state index >= 15 is 0 Å². The van der Waals surface area contributed by atoms with Crippen LogP contribution < -0.4 is 25.1 Å². The van der Waals surface area contributed by atoms with Gasteiger partial charge in [-0.05, 0) is 39.3 Å². The molecule has 0 fully saturated rings. The predicted octanol–water partition coefficient (Wildman–Crippen LogP) is 2.25. The van der Waals surface area contributed by atoms with E-state index in [-0.39, 0.29) is 11.3 Å². The number of carbonyl (C=O) groups is 2. The maximum atomic E-state index is 12.5. The molecule has 0 radical (unpaired) electrons. The maximum absolute atomic E-state index is 12.5. The van der Waals surface area contributed by atoms with Crippen molar-refractivity contribution in [2.45, 2.75) is 47.0 Å². The first-order valence-corrected chi connectivity index (χ1v) is 12.0. The number of unbranched alkanes of at least 4 members (excludes halogenated alkanes) is 2. The van der Waals surface area contributed by atoms with Crippen molar-refractivity contribution < 1.29 is 32.2 Å². The summed E-state index contributed by atoms with van der Waals surface area (Å²) in [4.78, 5) is 24.4. The normalized spacial score (nSPS) is 10.9. The first-order valence-electron chi connectivity index (χ1n) is 10.1. The van der Waals surface area contributed by atoms with Crippen molar-refractivity contribution in [1.82, 2.24) is 10.9 Å². The van der Waals surface area contributed by atoms with Crippen LogP contribution in [0.4, 0.5) is 0 Å². The van der Waals surface area contributed by atoms with E-state index in [4.69, 9.17) is 14.2 Å². The van der Waals surface area contributed by atoms with Gasteiger partial charge in [-0.15, -0.1) is 0 Å². The molecule has 1 aromatic carbocycles. The highest BCUT2D eigenvalue weighted by Gasteiger charge is 2.20.